The van der Waals surface area contributed by atoms with Crippen molar-refractivity contribution in [1.82, 2.24) is 8.52 Å². The molecule has 12 heteroatoms. The number of hydrogen-bond acceptors (Lipinski definition) is 5. The standard InChI is InChI=1S/C18H17ClN3O6PS/c1-12-2-6-14(7-3-12)16(23)20-17-21(11-28-29(25,26)27)18(24)22(30-17)10-13-4-8-15(19)9-5-13/h2-9H,10-11H2,1H3,(H2,25,26,27)/b20-17+. The minimum absolute atomic E-state index is 0.0482. The van der Waals surface area contributed by atoms with E-state index in [-0.39, 0.29) is 11.3 Å². The second kappa shape index (κ2) is 9.22. The van der Waals surface area contributed by atoms with Crippen LogP contribution in [0.3, 0.4) is 0 Å². The highest BCUT2D eigenvalue weighted by atomic mass is 35.5. The summed E-state index contributed by atoms with van der Waals surface area (Å²) in [5, 5.41) is 0.543. The van der Waals surface area contributed by atoms with Gasteiger partial charge in [-0.25, -0.2) is 17.9 Å². The third kappa shape index (κ3) is 5.85. The van der Waals surface area contributed by atoms with E-state index in [2.05, 4.69) is 9.52 Å². The molecule has 1 amide bonds. The van der Waals surface area contributed by atoms with Crippen molar-refractivity contribution in [1.29, 1.82) is 0 Å². The van der Waals surface area contributed by atoms with Crippen molar-refractivity contribution in [3.8, 4) is 0 Å². The van der Waals surface area contributed by atoms with Crippen molar-refractivity contribution in [2.75, 3.05) is 0 Å². The predicted molar refractivity (Wildman–Crippen MR) is 111 cm³/mol. The van der Waals surface area contributed by atoms with E-state index in [0.29, 0.717) is 10.6 Å². The smallest absolute Gasteiger partial charge is 0.303 e. The second-order valence-corrected chi connectivity index (χ2v) is 8.94. The number of carbonyl (C=O) groups excluding carboxylic acids is 1. The van der Waals surface area contributed by atoms with E-state index in [1.54, 1.807) is 48.5 Å². The molecule has 3 rings (SSSR count). The number of halogens is 1. The van der Waals surface area contributed by atoms with Gasteiger partial charge in [0.2, 0.25) is 4.80 Å². The predicted octanol–water partition coefficient (Wildman–Crippen LogP) is 2.53. The van der Waals surface area contributed by atoms with Crippen LogP contribution in [-0.4, -0.2) is 24.2 Å². The van der Waals surface area contributed by atoms with Crippen LogP contribution in [0.15, 0.2) is 58.3 Å². The summed E-state index contributed by atoms with van der Waals surface area (Å²) in [6.45, 7) is 1.28. The van der Waals surface area contributed by atoms with Gasteiger partial charge >= 0.3 is 13.5 Å². The van der Waals surface area contributed by atoms with Crippen LogP contribution in [0.5, 0.6) is 0 Å². The Labute approximate surface area is 179 Å². The van der Waals surface area contributed by atoms with Crippen molar-refractivity contribution in [2.24, 2.45) is 4.99 Å². The average Bonchev–Trinajstić information content (AvgIpc) is 2.96. The van der Waals surface area contributed by atoms with Gasteiger partial charge in [-0.2, -0.15) is 4.99 Å². The molecule has 2 N–H and O–H groups in total. The summed E-state index contributed by atoms with van der Waals surface area (Å²) in [6.07, 6.45) is 0. The summed E-state index contributed by atoms with van der Waals surface area (Å²) in [5.41, 5.74) is 1.42. The first-order chi connectivity index (χ1) is 14.1. The van der Waals surface area contributed by atoms with Crippen molar-refractivity contribution in [3.63, 3.8) is 0 Å². The number of rotatable bonds is 6. The third-order valence-electron chi connectivity index (χ3n) is 3.96. The number of aromatic nitrogens is 2. The molecular weight excluding hydrogens is 453 g/mol. The first kappa shape index (κ1) is 22.4. The van der Waals surface area contributed by atoms with Crippen molar-refractivity contribution in [2.45, 2.75) is 20.2 Å². The lowest BCUT2D eigenvalue weighted by Crippen LogP contribution is -2.31. The molecule has 0 saturated carbocycles. The highest BCUT2D eigenvalue weighted by molar-refractivity contribution is 7.46. The normalized spacial score (nSPS) is 12.3. The zero-order chi connectivity index (χ0) is 21.9. The van der Waals surface area contributed by atoms with Gasteiger partial charge in [-0.3, -0.25) is 9.32 Å². The highest BCUT2D eigenvalue weighted by Crippen LogP contribution is 2.35. The lowest BCUT2D eigenvalue weighted by Gasteiger charge is -2.05. The Hall–Kier alpha value is -2.33. The number of amides is 1. The van der Waals surface area contributed by atoms with Crippen LogP contribution in [-0.2, 0) is 22.4 Å². The lowest BCUT2D eigenvalue weighted by molar-refractivity contribution is 0.0996. The number of phosphoric acid groups is 1. The molecule has 0 fully saturated rings. The molecule has 0 spiro atoms. The Balaban J connectivity index is 2.01. The maximum Gasteiger partial charge on any atom is 0.471 e. The monoisotopic (exact) mass is 469 g/mol. The quantitative estimate of drug-likeness (QED) is 0.535. The summed E-state index contributed by atoms with van der Waals surface area (Å²) < 4.78 is 17.7. The Kier molecular flexibility index (Phi) is 6.87. The fourth-order valence-corrected chi connectivity index (χ4v) is 3.76. The van der Waals surface area contributed by atoms with Crippen molar-refractivity contribution < 1.29 is 23.7 Å². The van der Waals surface area contributed by atoms with Crippen LogP contribution in [0, 0.1) is 6.92 Å². The second-order valence-electron chi connectivity index (χ2n) is 6.28. The number of hydrogen-bond donors (Lipinski definition) is 2. The fraction of sp³-hybridized carbons (Fsp3) is 0.167. The molecule has 0 aliphatic carbocycles. The molecule has 2 aromatic carbocycles. The van der Waals surface area contributed by atoms with E-state index in [0.717, 1.165) is 27.2 Å². The molecule has 0 unspecified atom stereocenters. The van der Waals surface area contributed by atoms with Crippen LogP contribution in [0.25, 0.3) is 0 Å². The highest BCUT2D eigenvalue weighted by Gasteiger charge is 2.18. The van der Waals surface area contributed by atoms with Gasteiger partial charge in [-0.05, 0) is 48.3 Å². The SMILES string of the molecule is Cc1ccc(C(=O)/N=c2/sn(Cc3ccc(Cl)cc3)c(=O)n2COP(=O)(O)O)cc1. The number of nitrogens with zero attached hydrogens (tertiary/aromatic N) is 3. The Morgan fingerprint density at radius 1 is 1.17 bits per heavy atom. The maximum absolute atomic E-state index is 12.7. The van der Waals surface area contributed by atoms with E-state index in [4.69, 9.17) is 21.4 Å². The van der Waals surface area contributed by atoms with Gasteiger partial charge in [0.1, 0.15) is 6.73 Å². The van der Waals surface area contributed by atoms with E-state index >= 15 is 0 Å². The molecule has 1 heterocycles. The molecule has 3 aromatic rings. The van der Waals surface area contributed by atoms with Gasteiger partial charge < -0.3 is 9.79 Å². The number of carbonyl (C=O) groups is 1. The Bertz CT molecular complexity index is 1220. The van der Waals surface area contributed by atoms with Gasteiger partial charge in [0.25, 0.3) is 5.91 Å². The fourth-order valence-electron chi connectivity index (χ4n) is 2.43. The summed E-state index contributed by atoms with van der Waals surface area (Å²) >= 11 is 6.75. The molecule has 30 heavy (non-hydrogen) atoms. The minimum Gasteiger partial charge on any atom is -0.303 e. The van der Waals surface area contributed by atoms with Crippen LogP contribution in [0.4, 0.5) is 0 Å². The summed E-state index contributed by atoms with van der Waals surface area (Å²) in [4.78, 5) is 47.1. The molecule has 0 saturated heterocycles. The number of benzene rings is 2. The average molecular weight is 470 g/mol. The van der Waals surface area contributed by atoms with Crippen molar-refractivity contribution >= 4 is 36.9 Å². The molecule has 0 aliphatic heterocycles. The first-order valence-corrected chi connectivity index (χ1v) is 11.2. The Morgan fingerprint density at radius 3 is 2.40 bits per heavy atom. The largest absolute Gasteiger partial charge is 0.471 e. The molecule has 0 radical (unpaired) electrons. The van der Waals surface area contributed by atoms with Crippen LogP contribution in [0.1, 0.15) is 21.5 Å². The number of aryl methyl sites for hydroxylation is 1. The lowest BCUT2D eigenvalue weighted by atomic mass is 10.1. The molecule has 1 aromatic heterocycles. The van der Waals surface area contributed by atoms with Crippen LogP contribution in [0.2, 0.25) is 5.02 Å². The molecule has 0 atom stereocenters. The first-order valence-electron chi connectivity index (χ1n) is 8.53. The van der Waals surface area contributed by atoms with Gasteiger partial charge in [0, 0.05) is 10.6 Å². The van der Waals surface area contributed by atoms with Crippen LogP contribution < -0.4 is 10.5 Å². The van der Waals surface area contributed by atoms with Crippen molar-refractivity contribution in [3.05, 3.63) is 85.5 Å². The molecular formula is C18H17ClN3O6PS. The van der Waals surface area contributed by atoms with Gasteiger partial charge in [-0.15, -0.1) is 0 Å². The molecule has 0 bridgehead atoms. The van der Waals surface area contributed by atoms with Gasteiger partial charge in [-0.1, -0.05) is 41.4 Å². The molecule has 9 nitrogen and oxygen atoms in total. The molecule has 0 aliphatic rings. The molecule has 158 valence electrons. The van der Waals surface area contributed by atoms with E-state index in [1.165, 1.54) is 3.96 Å². The summed E-state index contributed by atoms with van der Waals surface area (Å²) in [7, 11) is -4.84. The Morgan fingerprint density at radius 2 is 1.80 bits per heavy atom. The summed E-state index contributed by atoms with van der Waals surface area (Å²) in [5.74, 6) is -0.597. The summed E-state index contributed by atoms with van der Waals surface area (Å²) in [6, 6.07) is 13.5. The van der Waals surface area contributed by atoms with Crippen LogP contribution >= 0.6 is 31.0 Å². The number of phosphoric ester groups is 1. The third-order valence-corrected chi connectivity index (χ3v) is 5.64. The maximum atomic E-state index is 12.7. The van der Waals surface area contributed by atoms with E-state index in [1.807, 2.05) is 6.92 Å². The van der Waals surface area contributed by atoms with E-state index in [9.17, 15) is 14.2 Å². The minimum atomic E-state index is -4.84. The zero-order valence-corrected chi connectivity index (χ0v) is 18.1. The zero-order valence-electron chi connectivity index (χ0n) is 15.6. The topological polar surface area (TPSA) is 123 Å². The van der Waals surface area contributed by atoms with Gasteiger partial charge in [0.05, 0.1) is 6.54 Å². The van der Waals surface area contributed by atoms with E-state index < -0.39 is 26.2 Å². The van der Waals surface area contributed by atoms with Gasteiger partial charge in [0.15, 0.2) is 0 Å².